The number of halogens is 4. The number of aromatic nitrogens is 2. The van der Waals surface area contributed by atoms with Gasteiger partial charge in [-0.3, -0.25) is 5.32 Å². The predicted molar refractivity (Wildman–Crippen MR) is 134 cm³/mol. The number of carbonyl (C=O) groups excluding carboxylic acids is 1. The Morgan fingerprint density at radius 2 is 1.69 bits per heavy atom. The standard InChI is InChI=1S/C26H28BrF3N4O/c1-17(15-18-7-9-20(10-8-18)19-5-3-2-4-6-19)32-25(35)33-24-23(27)16-31-34(24)22-13-11-21(12-14-22)26(28,29)30/h2-10,16-17,21-22H,11-15H2,1H3,(H2,32,33,35). The van der Waals surface area contributed by atoms with Gasteiger partial charge in [-0.1, -0.05) is 54.6 Å². The van der Waals surface area contributed by atoms with E-state index in [0.717, 1.165) is 16.7 Å². The monoisotopic (exact) mass is 548 g/mol. The van der Waals surface area contributed by atoms with Crippen LogP contribution in [0.3, 0.4) is 0 Å². The van der Waals surface area contributed by atoms with Crippen molar-refractivity contribution >= 4 is 27.8 Å². The minimum absolute atomic E-state index is 0.0668. The Kier molecular flexibility index (Phi) is 7.84. The summed E-state index contributed by atoms with van der Waals surface area (Å²) in [5.74, 6) is -0.808. The SMILES string of the molecule is CC(Cc1ccc(-c2ccccc2)cc1)NC(=O)Nc1c(Br)cnn1C1CCC(C(F)(F)F)CC1. The molecule has 4 rings (SSSR count). The molecule has 1 unspecified atom stereocenters. The fraction of sp³-hybridized carbons (Fsp3) is 0.385. The van der Waals surface area contributed by atoms with E-state index in [0.29, 0.717) is 29.6 Å². The molecule has 2 N–H and O–H groups in total. The zero-order chi connectivity index (χ0) is 25.0. The zero-order valence-corrected chi connectivity index (χ0v) is 20.9. The Morgan fingerprint density at radius 1 is 1.06 bits per heavy atom. The number of urea groups is 1. The average molecular weight is 549 g/mol. The van der Waals surface area contributed by atoms with E-state index in [-0.39, 0.29) is 31.0 Å². The summed E-state index contributed by atoms with van der Waals surface area (Å²) < 4.78 is 41.2. The summed E-state index contributed by atoms with van der Waals surface area (Å²) in [4.78, 5) is 12.7. The highest BCUT2D eigenvalue weighted by atomic mass is 79.9. The van der Waals surface area contributed by atoms with Crippen LogP contribution in [0.5, 0.6) is 0 Å². The lowest BCUT2D eigenvalue weighted by molar-refractivity contribution is -0.183. The van der Waals surface area contributed by atoms with Crippen LogP contribution in [0.15, 0.2) is 65.3 Å². The van der Waals surface area contributed by atoms with Crippen LogP contribution in [0.2, 0.25) is 0 Å². The van der Waals surface area contributed by atoms with E-state index in [1.54, 1.807) is 10.9 Å². The summed E-state index contributed by atoms with van der Waals surface area (Å²) in [6.45, 7) is 1.93. The van der Waals surface area contributed by atoms with E-state index in [4.69, 9.17) is 0 Å². The van der Waals surface area contributed by atoms with Crippen LogP contribution in [-0.2, 0) is 6.42 Å². The van der Waals surface area contributed by atoms with Gasteiger partial charge < -0.3 is 5.32 Å². The molecule has 2 aromatic carbocycles. The highest BCUT2D eigenvalue weighted by molar-refractivity contribution is 9.10. The Morgan fingerprint density at radius 3 is 2.31 bits per heavy atom. The second-order valence-electron chi connectivity index (χ2n) is 9.10. The molecule has 0 radical (unpaired) electrons. The number of anilines is 1. The number of carbonyl (C=O) groups is 1. The molecule has 3 aromatic rings. The van der Waals surface area contributed by atoms with Crippen LogP contribution in [0.1, 0.15) is 44.2 Å². The number of amides is 2. The summed E-state index contributed by atoms with van der Waals surface area (Å²) in [6.07, 6.45) is -1.08. The van der Waals surface area contributed by atoms with E-state index in [9.17, 15) is 18.0 Å². The summed E-state index contributed by atoms with van der Waals surface area (Å²) in [7, 11) is 0. The van der Waals surface area contributed by atoms with E-state index in [1.165, 1.54) is 0 Å². The third kappa shape index (κ3) is 6.45. The summed E-state index contributed by atoms with van der Waals surface area (Å²) in [6, 6.07) is 17.7. The van der Waals surface area contributed by atoms with Gasteiger partial charge in [0.15, 0.2) is 0 Å². The molecule has 1 aliphatic rings. The largest absolute Gasteiger partial charge is 0.391 e. The van der Waals surface area contributed by atoms with Crippen LogP contribution in [-0.4, -0.2) is 28.0 Å². The normalized spacial score (nSPS) is 19.2. The molecular formula is C26H28BrF3N4O. The summed E-state index contributed by atoms with van der Waals surface area (Å²) >= 11 is 3.40. The fourth-order valence-electron chi connectivity index (χ4n) is 4.62. The van der Waals surface area contributed by atoms with Gasteiger partial charge in [0.25, 0.3) is 0 Å². The van der Waals surface area contributed by atoms with Crippen LogP contribution in [0.4, 0.5) is 23.8 Å². The third-order valence-corrected chi connectivity index (χ3v) is 7.05. The Hall–Kier alpha value is -2.81. The van der Waals surface area contributed by atoms with E-state index >= 15 is 0 Å². The number of nitrogens with one attached hydrogen (secondary N) is 2. The van der Waals surface area contributed by atoms with Crippen molar-refractivity contribution in [2.75, 3.05) is 5.32 Å². The average Bonchev–Trinajstić information content (AvgIpc) is 3.19. The molecule has 5 nitrogen and oxygen atoms in total. The molecule has 0 saturated heterocycles. The number of hydrogen-bond acceptors (Lipinski definition) is 2. The van der Waals surface area contributed by atoms with Gasteiger partial charge in [-0.15, -0.1) is 0 Å². The minimum atomic E-state index is -4.16. The minimum Gasteiger partial charge on any atom is -0.335 e. The smallest absolute Gasteiger partial charge is 0.335 e. The van der Waals surface area contributed by atoms with Crippen LogP contribution >= 0.6 is 15.9 Å². The van der Waals surface area contributed by atoms with E-state index < -0.39 is 12.1 Å². The number of hydrogen-bond donors (Lipinski definition) is 2. The van der Waals surface area contributed by atoms with Gasteiger partial charge in [-0.25, -0.2) is 9.48 Å². The Balaban J connectivity index is 1.32. The first-order valence-corrected chi connectivity index (χ1v) is 12.5. The number of nitrogens with zero attached hydrogens (tertiary/aromatic N) is 2. The first-order chi connectivity index (χ1) is 16.7. The van der Waals surface area contributed by atoms with Crippen molar-refractivity contribution in [1.29, 1.82) is 0 Å². The van der Waals surface area contributed by atoms with Crippen LogP contribution < -0.4 is 10.6 Å². The molecule has 2 amide bonds. The fourth-order valence-corrected chi connectivity index (χ4v) is 4.99. The molecule has 1 atom stereocenters. The van der Waals surface area contributed by atoms with Gasteiger partial charge in [0.2, 0.25) is 0 Å². The van der Waals surface area contributed by atoms with Crippen molar-refractivity contribution in [2.24, 2.45) is 5.92 Å². The first kappa shape index (κ1) is 25.3. The lowest BCUT2D eigenvalue weighted by Gasteiger charge is -2.30. The van der Waals surface area contributed by atoms with Crippen molar-refractivity contribution in [2.45, 2.75) is 57.3 Å². The third-order valence-electron chi connectivity index (χ3n) is 6.47. The second kappa shape index (κ2) is 10.8. The first-order valence-electron chi connectivity index (χ1n) is 11.7. The van der Waals surface area contributed by atoms with E-state index in [2.05, 4.69) is 68.1 Å². The van der Waals surface area contributed by atoms with Gasteiger partial charge in [0.1, 0.15) is 5.82 Å². The maximum absolute atomic E-state index is 13.0. The number of benzene rings is 2. The van der Waals surface area contributed by atoms with Gasteiger partial charge in [0, 0.05) is 6.04 Å². The van der Waals surface area contributed by atoms with Gasteiger partial charge in [-0.05, 0) is 71.6 Å². The molecular weight excluding hydrogens is 521 g/mol. The molecule has 0 spiro atoms. The zero-order valence-electron chi connectivity index (χ0n) is 19.4. The highest BCUT2D eigenvalue weighted by Crippen LogP contribution is 2.42. The van der Waals surface area contributed by atoms with E-state index in [1.807, 2.05) is 25.1 Å². The second-order valence-corrected chi connectivity index (χ2v) is 9.95. The summed E-state index contributed by atoms with van der Waals surface area (Å²) in [5.41, 5.74) is 3.39. The van der Waals surface area contributed by atoms with Crippen LogP contribution in [0.25, 0.3) is 11.1 Å². The lowest BCUT2D eigenvalue weighted by atomic mass is 9.85. The molecule has 1 fully saturated rings. The maximum atomic E-state index is 13.0. The van der Waals surface area contributed by atoms with Crippen molar-refractivity contribution in [3.63, 3.8) is 0 Å². The van der Waals surface area contributed by atoms with Crippen LogP contribution in [0, 0.1) is 5.92 Å². The Bertz CT molecular complexity index is 1120. The predicted octanol–water partition coefficient (Wildman–Crippen LogP) is 7.36. The molecule has 0 bridgehead atoms. The van der Waals surface area contributed by atoms with Crippen molar-refractivity contribution in [3.8, 4) is 11.1 Å². The number of alkyl halides is 3. The Labute approximate surface area is 211 Å². The highest BCUT2D eigenvalue weighted by Gasteiger charge is 2.42. The summed E-state index contributed by atoms with van der Waals surface area (Å²) in [5, 5.41) is 10.1. The van der Waals surface area contributed by atoms with Gasteiger partial charge in [0.05, 0.1) is 22.6 Å². The van der Waals surface area contributed by atoms with Crippen molar-refractivity contribution in [1.82, 2.24) is 15.1 Å². The van der Waals surface area contributed by atoms with Gasteiger partial charge >= 0.3 is 12.2 Å². The lowest BCUT2D eigenvalue weighted by Crippen LogP contribution is -2.38. The molecule has 1 heterocycles. The molecule has 0 aliphatic heterocycles. The maximum Gasteiger partial charge on any atom is 0.391 e. The quantitative estimate of drug-likeness (QED) is 0.338. The molecule has 1 aromatic heterocycles. The van der Waals surface area contributed by atoms with Gasteiger partial charge in [-0.2, -0.15) is 18.3 Å². The molecule has 35 heavy (non-hydrogen) atoms. The molecule has 9 heteroatoms. The number of rotatable bonds is 6. The molecule has 1 aliphatic carbocycles. The van der Waals surface area contributed by atoms with Crippen molar-refractivity contribution < 1.29 is 18.0 Å². The topological polar surface area (TPSA) is 59.0 Å². The van der Waals surface area contributed by atoms with Crippen molar-refractivity contribution in [3.05, 3.63) is 70.8 Å². The molecule has 1 saturated carbocycles. The molecule has 186 valence electrons.